The number of carbonyl (C=O) groups excluding carboxylic acids is 1. The van der Waals surface area contributed by atoms with Gasteiger partial charge in [-0.2, -0.15) is 5.06 Å². The Kier molecular flexibility index (Phi) is 3.28. The number of amides is 2. The van der Waals surface area contributed by atoms with Crippen molar-refractivity contribution in [2.24, 2.45) is 0 Å². The summed E-state index contributed by atoms with van der Waals surface area (Å²) in [6.07, 6.45) is 0.920. The Balaban J connectivity index is 2.23. The van der Waals surface area contributed by atoms with E-state index in [1.54, 1.807) is 0 Å². The summed E-state index contributed by atoms with van der Waals surface area (Å²) in [5.74, 6) is 0. The third kappa shape index (κ3) is 1.86. The molecule has 16 heavy (non-hydrogen) atoms. The number of β-amino-alcohol motifs (C(OH)–C–C–N with tert-alkyl or cyclic N) is 1. The molecule has 1 aliphatic heterocycles. The summed E-state index contributed by atoms with van der Waals surface area (Å²) >= 11 is 2.69. The molecule has 0 radical (unpaired) electrons. The first-order chi connectivity index (χ1) is 7.67. The lowest BCUT2D eigenvalue weighted by Gasteiger charge is -2.14. The average Bonchev–Trinajstić information content (AvgIpc) is 2.83. The number of aliphatic hydroxyl groups is 1. The van der Waals surface area contributed by atoms with Gasteiger partial charge in [0.25, 0.3) is 0 Å². The first-order valence-electron chi connectivity index (χ1n) is 4.37. The molecule has 1 fully saturated rings. The first kappa shape index (κ1) is 11.6. The molecule has 1 aromatic rings. The summed E-state index contributed by atoms with van der Waals surface area (Å²) in [4.78, 5) is 17.7. The van der Waals surface area contributed by atoms with Gasteiger partial charge in [0, 0.05) is 0 Å². The van der Waals surface area contributed by atoms with Crippen LogP contribution in [0.4, 0.5) is 9.93 Å². The number of carbonyl (C=O) groups is 1. The van der Waals surface area contributed by atoms with E-state index in [1.807, 2.05) is 6.26 Å². The molecule has 2 rings (SSSR count). The molecule has 1 N–H and O–H groups in total. The van der Waals surface area contributed by atoms with Crippen LogP contribution in [0.2, 0.25) is 0 Å². The minimum absolute atomic E-state index is 0.101. The van der Waals surface area contributed by atoms with Gasteiger partial charge in [0.1, 0.15) is 0 Å². The van der Waals surface area contributed by atoms with E-state index in [2.05, 4.69) is 10.2 Å². The third-order valence-corrected chi connectivity index (χ3v) is 3.94. The number of aromatic nitrogens is 2. The summed E-state index contributed by atoms with van der Waals surface area (Å²) in [5, 5.41) is 18.9. The molecule has 2 heterocycles. The van der Waals surface area contributed by atoms with Crippen LogP contribution in [-0.2, 0) is 4.84 Å². The number of anilines is 1. The van der Waals surface area contributed by atoms with Crippen molar-refractivity contribution in [3.05, 3.63) is 0 Å². The van der Waals surface area contributed by atoms with Gasteiger partial charge in [-0.25, -0.2) is 9.69 Å². The Morgan fingerprint density at radius 1 is 1.62 bits per heavy atom. The SMILES string of the molecule is CON1CC(O)N(c2nnc(SC)s2)C1=O. The zero-order chi connectivity index (χ0) is 11.7. The van der Waals surface area contributed by atoms with E-state index in [0.717, 1.165) is 9.40 Å². The highest BCUT2D eigenvalue weighted by atomic mass is 32.2. The predicted molar refractivity (Wildman–Crippen MR) is 59.3 cm³/mol. The molecule has 9 heteroatoms. The molecule has 7 nitrogen and oxygen atoms in total. The van der Waals surface area contributed by atoms with Gasteiger partial charge in [0.15, 0.2) is 10.6 Å². The van der Waals surface area contributed by atoms with Gasteiger partial charge in [-0.05, 0) is 6.26 Å². The van der Waals surface area contributed by atoms with Crippen LogP contribution in [0.25, 0.3) is 0 Å². The standard InChI is InChI=1S/C7H10N4O3S2/c1-14-10-3-4(12)11(7(10)13)5-8-9-6(15-2)16-5/h4,12H,3H2,1-2H3. The Morgan fingerprint density at radius 3 is 2.88 bits per heavy atom. The Hall–Kier alpha value is -0.900. The number of hydrogen-bond acceptors (Lipinski definition) is 7. The fraction of sp³-hybridized carbons (Fsp3) is 0.571. The van der Waals surface area contributed by atoms with Gasteiger partial charge < -0.3 is 5.11 Å². The smallest absolute Gasteiger partial charge is 0.352 e. The predicted octanol–water partition coefficient (Wildman–Crippen LogP) is 0.382. The van der Waals surface area contributed by atoms with Crippen LogP contribution in [-0.4, -0.2) is 52.5 Å². The zero-order valence-electron chi connectivity index (χ0n) is 8.65. The summed E-state index contributed by atoms with van der Waals surface area (Å²) in [7, 11) is 1.38. The minimum atomic E-state index is -0.949. The fourth-order valence-electron chi connectivity index (χ4n) is 1.30. The van der Waals surface area contributed by atoms with Crippen LogP contribution in [0.3, 0.4) is 0 Å². The van der Waals surface area contributed by atoms with Gasteiger partial charge in [-0.3, -0.25) is 4.84 Å². The second kappa shape index (κ2) is 4.53. The molecule has 1 atom stereocenters. The van der Waals surface area contributed by atoms with Crippen molar-refractivity contribution in [2.45, 2.75) is 10.6 Å². The highest BCUT2D eigenvalue weighted by Crippen LogP contribution is 2.30. The number of hydroxylamine groups is 2. The van der Waals surface area contributed by atoms with Crippen molar-refractivity contribution in [1.82, 2.24) is 15.3 Å². The van der Waals surface area contributed by atoms with Crippen molar-refractivity contribution in [2.75, 3.05) is 24.8 Å². The molecule has 0 spiro atoms. The topological polar surface area (TPSA) is 78.8 Å². The van der Waals surface area contributed by atoms with Crippen LogP contribution in [0, 0.1) is 0 Å². The van der Waals surface area contributed by atoms with E-state index in [0.29, 0.717) is 5.13 Å². The molecule has 1 saturated heterocycles. The van der Waals surface area contributed by atoms with Crippen LogP contribution >= 0.6 is 23.1 Å². The van der Waals surface area contributed by atoms with E-state index >= 15 is 0 Å². The molecule has 88 valence electrons. The van der Waals surface area contributed by atoms with Crippen molar-refractivity contribution in [3.8, 4) is 0 Å². The largest absolute Gasteiger partial charge is 0.371 e. The highest BCUT2D eigenvalue weighted by Gasteiger charge is 2.39. The molecule has 1 aliphatic rings. The van der Waals surface area contributed by atoms with Gasteiger partial charge >= 0.3 is 6.03 Å². The van der Waals surface area contributed by atoms with E-state index in [4.69, 9.17) is 4.84 Å². The normalized spacial score (nSPS) is 20.9. The van der Waals surface area contributed by atoms with Crippen LogP contribution in [0.5, 0.6) is 0 Å². The van der Waals surface area contributed by atoms with E-state index in [-0.39, 0.29) is 6.54 Å². The molecule has 0 saturated carbocycles. The molecule has 1 unspecified atom stereocenters. The number of thioether (sulfide) groups is 1. The Labute approximate surface area is 100.0 Å². The number of urea groups is 1. The average molecular weight is 262 g/mol. The maximum absolute atomic E-state index is 11.7. The minimum Gasteiger partial charge on any atom is -0.371 e. The van der Waals surface area contributed by atoms with Gasteiger partial charge in [-0.1, -0.05) is 23.1 Å². The van der Waals surface area contributed by atoms with Crippen LogP contribution in [0.15, 0.2) is 4.34 Å². The van der Waals surface area contributed by atoms with Crippen molar-refractivity contribution in [3.63, 3.8) is 0 Å². The van der Waals surface area contributed by atoms with Gasteiger partial charge in [0.2, 0.25) is 5.13 Å². The summed E-state index contributed by atoms with van der Waals surface area (Å²) in [5.41, 5.74) is 0. The van der Waals surface area contributed by atoms with E-state index in [1.165, 1.54) is 35.1 Å². The first-order valence-corrected chi connectivity index (χ1v) is 6.42. The summed E-state index contributed by atoms with van der Waals surface area (Å²) in [6.45, 7) is 0.101. The molecular weight excluding hydrogens is 252 g/mol. The molecule has 2 amide bonds. The summed E-state index contributed by atoms with van der Waals surface area (Å²) in [6, 6.07) is -0.432. The summed E-state index contributed by atoms with van der Waals surface area (Å²) < 4.78 is 0.742. The van der Waals surface area contributed by atoms with Gasteiger partial charge in [0.05, 0.1) is 13.7 Å². The van der Waals surface area contributed by atoms with Crippen LogP contribution < -0.4 is 4.90 Å². The molecule has 0 bridgehead atoms. The van der Waals surface area contributed by atoms with Crippen molar-refractivity contribution in [1.29, 1.82) is 0 Å². The number of rotatable bonds is 3. The second-order valence-electron chi connectivity index (χ2n) is 2.93. The maximum Gasteiger partial charge on any atom is 0.352 e. The van der Waals surface area contributed by atoms with Crippen molar-refractivity contribution < 1.29 is 14.7 Å². The van der Waals surface area contributed by atoms with Crippen LogP contribution in [0.1, 0.15) is 0 Å². The lowest BCUT2D eigenvalue weighted by molar-refractivity contribution is -0.0813. The fourth-order valence-corrected chi connectivity index (χ4v) is 2.60. The monoisotopic (exact) mass is 262 g/mol. The van der Waals surface area contributed by atoms with Gasteiger partial charge in [-0.15, -0.1) is 10.2 Å². The highest BCUT2D eigenvalue weighted by molar-refractivity contribution is 8.00. The zero-order valence-corrected chi connectivity index (χ0v) is 10.3. The third-order valence-electron chi connectivity index (χ3n) is 2.04. The lowest BCUT2D eigenvalue weighted by Crippen LogP contribution is -2.34. The number of nitrogens with zero attached hydrogens (tertiary/aromatic N) is 4. The van der Waals surface area contributed by atoms with Crippen molar-refractivity contribution >= 4 is 34.3 Å². The Bertz CT molecular complexity index is 399. The lowest BCUT2D eigenvalue weighted by atomic mass is 10.6. The number of hydrogen-bond donors (Lipinski definition) is 1. The quantitative estimate of drug-likeness (QED) is 0.627. The maximum atomic E-state index is 11.7. The number of aliphatic hydroxyl groups excluding tert-OH is 1. The van der Waals surface area contributed by atoms with E-state index in [9.17, 15) is 9.90 Å². The molecule has 1 aromatic heterocycles. The molecule has 0 aliphatic carbocycles. The molecule has 0 aromatic carbocycles. The molecular formula is C7H10N4O3S2. The second-order valence-corrected chi connectivity index (χ2v) is 4.94. The Morgan fingerprint density at radius 2 is 2.38 bits per heavy atom. The van der Waals surface area contributed by atoms with E-state index < -0.39 is 12.3 Å².